The fraction of sp³-hybridized carbons (Fsp3) is 0.526. The molecule has 5 nitrogen and oxygen atoms in total. The lowest BCUT2D eigenvalue weighted by Crippen LogP contribution is -2.40. The average Bonchev–Trinajstić information content (AvgIpc) is 2.59. The monoisotopic (exact) mass is 361 g/mol. The van der Waals surface area contributed by atoms with E-state index in [-0.39, 0.29) is 0 Å². The van der Waals surface area contributed by atoms with Crippen LogP contribution >= 0.6 is 0 Å². The molecular weight excluding hydrogens is 334 g/mol. The Labute approximate surface area is 150 Å². The number of anilines is 1. The molecule has 0 amide bonds. The van der Waals surface area contributed by atoms with Gasteiger partial charge in [0.15, 0.2) is 0 Å². The summed E-state index contributed by atoms with van der Waals surface area (Å²) in [5, 5.41) is 1.20. The van der Waals surface area contributed by atoms with Crippen LogP contribution in [0.3, 0.4) is 0 Å². The first-order valence-electron chi connectivity index (χ1n) is 9.03. The second-order valence-electron chi connectivity index (χ2n) is 7.01. The molecule has 0 radical (unpaired) electrons. The lowest BCUT2D eigenvalue weighted by atomic mass is 9.97. The van der Waals surface area contributed by atoms with Crippen LogP contribution in [0.4, 0.5) is 5.69 Å². The molecule has 2 aromatic rings. The number of rotatable bonds is 6. The van der Waals surface area contributed by atoms with Crippen molar-refractivity contribution < 1.29 is 8.42 Å². The van der Waals surface area contributed by atoms with E-state index >= 15 is 0 Å². The quantitative estimate of drug-likeness (QED) is 0.859. The van der Waals surface area contributed by atoms with Crippen LogP contribution in [-0.4, -0.2) is 39.3 Å². The second-order valence-corrected chi connectivity index (χ2v) is 8.84. The Morgan fingerprint density at radius 1 is 1.32 bits per heavy atom. The van der Waals surface area contributed by atoms with E-state index in [0.29, 0.717) is 12.5 Å². The fourth-order valence-electron chi connectivity index (χ4n) is 3.62. The lowest BCUT2D eigenvalue weighted by Gasteiger charge is -2.35. The van der Waals surface area contributed by atoms with Crippen LogP contribution in [-0.2, 0) is 16.4 Å². The summed E-state index contributed by atoms with van der Waals surface area (Å²) in [6.45, 7) is 4.59. The van der Waals surface area contributed by atoms with Gasteiger partial charge in [0.1, 0.15) is 0 Å². The summed E-state index contributed by atoms with van der Waals surface area (Å²) in [7, 11) is -3.13. The SMILES string of the molecule is CCCc1ccc2nccc(N3CCCC(CNS(C)(=O)=O)C3)c2c1. The Balaban J connectivity index is 1.83. The van der Waals surface area contributed by atoms with Crippen LogP contribution in [0.5, 0.6) is 0 Å². The Morgan fingerprint density at radius 3 is 2.92 bits per heavy atom. The predicted octanol–water partition coefficient (Wildman–Crippen LogP) is 2.95. The van der Waals surface area contributed by atoms with E-state index in [1.54, 1.807) is 0 Å². The molecule has 0 bridgehead atoms. The van der Waals surface area contributed by atoms with Crippen LogP contribution in [0.25, 0.3) is 10.9 Å². The van der Waals surface area contributed by atoms with Gasteiger partial charge in [0.2, 0.25) is 10.0 Å². The van der Waals surface area contributed by atoms with Gasteiger partial charge in [0, 0.05) is 36.9 Å². The maximum Gasteiger partial charge on any atom is 0.208 e. The molecule has 6 heteroatoms. The van der Waals surface area contributed by atoms with E-state index in [1.807, 2.05) is 6.20 Å². The van der Waals surface area contributed by atoms with Crippen LogP contribution in [0.2, 0.25) is 0 Å². The van der Waals surface area contributed by atoms with Crippen molar-refractivity contribution in [1.82, 2.24) is 9.71 Å². The summed E-state index contributed by atoms with van der Waals surface area (Å²) in [6, 6.07) is 8.62. The van der Waals surface area contributed by atoms with Gasteiger partial charge in [-0.15, -0.1) is 0 Å². The van der Waals surface area contributed by atoms with Gasteiger partial charge in [-0.3, -0.25) is 4.98 Å². The number of hydrogen-bond donors (Lipinski definition) is 1. The molecule has 136 valence electrons. The number of piperidine rings is 1. The maximum atomic E-state index is 11.4. The van der Waals surface area contributed by atoms with Crippen LogP contribution in [0, 0.1) is 5.92 Å². The highest BCUT2D eigenvalue weighted by Crippen LogP contribution is 2.30. The van der Waals surface area contributed by atoms with Crippen molar-refractivity contribution in [2.75, 3.05) is 30.8 Å². The smallest absolute Gasteiger partial charge is 0.208 e. The molecule has 1 aromatic heterocycles. The zero-order valence-electron chi connectivity index (χ0n) is 15.0. The van der Waals surface area contributed by atoms with Gasteiger partial charge in [0.05, 0.1) is 11.8 Å². The number of nitrogens with zero attached hydrogens (tertiary/aromatic N) is 2. The third-order valence-corrected chi connectivity index (χ3v) is 5.51. The molecule has 1 N–H and O–H groups in total. The standard InChI is InChI=1S/C19H27N3O2S/c1-3-5-15-7-8-18-17(12-15)19(9-10-20-18)22-11-4-6-16(14-22)13-21-25(2,23)24/h7-10,12,16,21H,3-6,11,13-14H2,1-2H3. The highest BCUT2D eigenvalue weighted by molar-refractivity contribution is 7.88. The minimum Gasteiger partial charge on any atom is -0.371 e. The molecule has 1 fully saturated rings. The zero-order valence-corrected chi connectivity index (χ0v) is 15.8. The molecule has 1 unspecified atom stereocenters. The van der Waals surface area contributed by atoms with E-state index in [4.69, 9.17) is 0 Å². The number of nitrogens with one attached hydrogen (secondary N) is 1. The molecule has 0 aliphatic carbocycles. The van der Waals surface area contributed by atoms with Crippen molar-refractivity contribution in [3.8, 4) is 0 Å². The molecule has 1 aliphatic heterocycles. The first-order chi connectivity index (χ1) is 12.0. The number of fused-ring (bicyclic) bond motifs is 1. The molecule has 1 saturated heterocycles. The summed E-state index contributed by atoms with van der Waals surface area (Å²) in [6.07, 6.45) is 7.43. The largest absolute Gasteiger partial charge is 0.371 e. The van der Waals surface area contributed by atoms with Gasteiger partial charge in [0.25, 0.3) is 0 Å². The number of aromatic nitrogens is 1. The number of aryl methyl sites for hydroxylation is 1. The molecule has 0 saturated carbocycles. The molecule has 1 atom stereocenters. The van der Waals surface area contributed by atoms with Crippen LogP contribution < -0.4 is 9.62 Å². The summed E-state index contributed by atoms with van der Waals surface area (Å²) < 4.78 is 25.4. The summed E-state index contributed by atoms with van der Waals surface area (Å²) >= 11 is 0. The molecule has 0 spiro atoms. The van der Waals surface area contributed by atoms with Gasteiger partial charge in [-0.1, -0.05) is 19.4 Å². The Morgan fingerprint density at radius 2 is 2.16 bits per heavy atom. The van der Waals surface area contributed by atoms with E-state index in [1.165, 1.54) is 22.9 Å². The van der Waals surface area contributed by atoms with Crippen LogP contribution in [0.15, 0.2) is 30.5 Å². The minimum atomic E-state index is -3.13. The lowest BCUT2D eigenvalue weighted by molar-refractivity contribution is 0.412. The Hall–Kier alpha value is -1.66. The third kappa shape index (κ3) is 4.70. The van der Waals surface area contributed by atoms with Gasteiger partial charge < -0.3 is 4.90 Å². The van der Waals surface area contributed by atoms with E-state index in [2.05, 4.69) is 45.8 Å². The number of pyridine rings is 1. The third-order valence-electron chi connectivity index (χ3n) is 4.82. The van der Waals surface area contributed by atoms with Crippen molar-refractivity contribution in [2.45, 2.75) is 32.6 Å². The first kappa shape index (κ1) is 18.1. The zero-order chi connectivity index (χ0) is 17.9. The Kier molecular flexibility index (Phi) is 5.59. The van der Waals surface area contributed by atoms with Crippen LogP contribution in [0.1, 0.15) is 31.7 Å². The first-order valence-corrected chi connectivity index (χ1v) is 10.9. The van der Waals surface area contributed by atoms with Gasteiger partial charge in [-0.25, -0.2) is 13.1 Å². The molecule has 2 heterocycles. The summed E-state index contributed by atoms with van der Waals surface area (Å²) in [5.74, 6) is 0.338. The second kappa shape index (κ2) is 7.70. The van der Waals surface area contributed by atoms with Gasteiger partial charge >= 0.3 is 0 Å². The minimum absolute atomic E-state index is 0.338. The molecule has 3 rings (SSSR count). The average molecular weight is 362 g/mol. The number of hydrogen-bond acceptors (Lipinski definition) is 4. The molecule has 1 aliphatic rings. The van der Waals surface area contributed by atoms with Crippen molar-refractivity contribution in [3.63, 3.8) is 0 Å². The highest BCUT2D eigenvalue weighted by atomic mass is 32.2. The van der Waals surface area contributed by atoms with Gasteiger partial charge in [-0.2, -0.15) is 0 Å². The molecular formula is C19H27N3O2S. The number of benzene rings is 1. The maximum absolute atomic E-state index is 11.4. The van der Waals surface area contributed by atoms with E-state index in [9.17, 15) is 8.42 Å². The van der Waals surface area contributed by atoms with E-state index in [0.717, 1.165) is 44.3 Å². The fourth-order valence-corrected chi connectivity index (χ4v) is 4.16. The molecule has 1 aromatic carbocycles. The summed E-state index contributed by atoms with van der Waals surface area (Å²) in [4.78, 5) is 6.89. The van der Waals surface area contributed by atoms with E-state index < -0.39 is 10.0 Å². The Bertz CT molecular complexity index is 836. The normalized spacial score (nSPS) is 18.6. The topological polar surface area (TPSA) is 62.3 Å². The molecule has 25 heavy (non-hydrogen) atoms. The van der Waals surface area contributed by atoms with Crippen molar-refractivity contribution in [2.24, 2.45) is 5.92 Å². The van der Waals surface area contributed by atoms with Crippen molar-refractivity contribution in [1.29, 1.82) is 0 Å². The predicted molar refractivity (Wildman–Crippen MR) is 104 cm³/mol. The van der Waals surface area contributed by atoms with Crippen molar-refractivity contribution in [3.05, 3.63) is 36.0 Å². The highest BCUT2D eigenvalue weighted by Gasteiger charge is 2.22. The van der Waals surface area contributed by atoms with Crippen molar-refractivity contribution >= 4 is 26.6 Å². The number of sulfonamides is 1. The van der Waals surface area contributed by atoms with Gasteiger partial charge in [-0.05, 0) is 48.9 Å². The summed E-state index contributed by atoms with van der Waals surface area (Å²) in [5.41, 5.74) is 3.58.